The number of nitrogens with one attached hydrogen (secondary N) is 1. The van der Waals surface area contributed by atoms with Gasteiger partial charge in [-0.2, -0.15) is 0 Å². The van der Waals surface area contributed by atoms with Crippen LogP contribution in [0, 0.1) is 5.92 Å². The molecule has 0 saturated heterocycles. The molecular weight excluding hydrogens is 148 g/mol. The van der Waals surface area contributed by atoms with E-state index in [0.717, 1.165) is 12.5 Å². The Kier molecular flexibility index (Phi) is 5.51. The molecule has 0 aliphatic heterocycles. The van der Waals surface area contributed by atoms with Crippen LogP contribution in [0.5, 0.6) is 0 Å². The average molecular weight is 172 g/mol. The third kappa shape index (κ3) is 4.73. The van der Waals surface area contributed by atoms with Gasteiger partial charge in [0.2, 0.25) is 0 Å². The highest BCUT2D eigenvalue weighted by atomic mass is 15.1. The maximum atomic E-state index is 3.52. The van der Waals surface area contributed by atoms with Crippen molar-refractivity contribution in [2.75, 3.05) is 20.6 Å². The third-order valence-corrected chi connectivity index (χ3v) is 2.62. The number of rotatable bonds is 5. The molecule has 0 radical (unpaired) electrons. The maximum absolute atomic E-state index is 3.52. The van der Waals surface area contributed by atoms with E-state index in [2.05, 4.69) is 52.0 Å². The lowest BCUT2D eigenvalue weighted by Crippen LogP contribution is -2.41. The van der Waals surface area contributed by atoms with Crippen molar-refractivity contribution >= 4 is 0 Å². The SMILES string of the molecule is CC(C)C(C)NCC(C)N(C)C. The van der Waals surface area contributed by atoms with Crippen LogP contribution in [0.2, 0.25) is 0 Å². The van der Waals surface area contributed by atoms with Crippen molar-refractivity contribution in [1.29, 1.82) is 0 Å². The maximum Gasteiger partial charge on any atom is 0.0186 e. The van der Waals surface area contributed by atoms with Crippen LogP contribution in [-0.4, -0.2) is 37.6 Å². The molecule has 0 aliphatic carbocycles. The van der Waals surface area contributed by atoms with Crippen LogP contribution >= 0.6 is 0 Å². The number of hydrogen-bond acceptors (Lipinski definition) is 2. The Bertz CT molecular complexity index is 96.4. The summed E-state index contributed by atoms with van der Waals surface area (Å²) in [6.45, 7) is 10.1. The zero-order valence-electron chi connectivity index (χ0n) is 9.39. The monoisotopic (exact) mass is 172 g/mol. The normalized spacial score (nSPS) is 17.0. The fourth-order valence-electron chi connectivity index (χ4n) is 0.775. The molecule has 2 atom stereocenters. The minimum absolute atomic E-state index is 0.617. The van der Waals surface area contributed by atoms with Gasteiger partial charge in [-0.1, -0.05) is 13.8 Å². The standard InChI is InChI=1S/C10H24N2/c1-8(2)10(4)11-7-9(3)12(5)6/h8-11H,7H2,1-6H3. The van der Waals surface area contributed by atoms with E-state index in [-0.39, 0.29) is 0 Å². The van der Waals surface area contributed by atoms with Crippen LogP contribution in [0.3, 0.4) is 0 Å². The largest absolute Gasteiger partial charge is 0.312 e. The lowest BCUT2D eigenvalue weighted by molar-refractivity contribution is 0.284. The molecule has 0 bridgehead atoms. The second-order valence-corrected chi connectivity index (χ2v) is 4.25. The van der Waals surface area contributed by atoms with E-state index in [1.807, 2.05) is 0 Å². The Labute approximate surface area is 77.3 Å². The van der Waals surface area contributed by atoms with Crippen molar-refractivity contribution in [3.8, 4) is 0 Å². The summed E-state index contributed by atoms with van der Waals surface area (Å²) in [5.41, 5.74) is 0. The number of nitrogens with zero attached hydrogens (tertiary/aromatic N) is 1. The summed E-state index contributed by atoms with van der Waals surface area (Å²) in [4.78, 5) is 2.24. The predicted molar refractivity (Wildman–Crippen MR) is 55.5 cm³/mol. The average Bonchev–Trinajstić information content (AvgIpc) is 1.98. The van der Waals surface area contributed by atoms with E-state index in [9.17, 15) is 0 Å². The Morgan fingerprint density at radius 1 is 1.08 bits per heavy atom. The van der Waals surface area contributed by atoms with Crippen LogP contribution in [-0.2, 0) is 0 Å². The molecule has 0 rings (SSSR count). The molecule has 0 fully saturated rings. The third-order valence-electron chi connectivity index (χ3n) is 2.62. The van der Waals surface area contributed by atoms with Crippen LogP contribution in [0.25, 0.3) is 0 Å². The fourth-order valence-corrected chi connectivity index (χ4v) is 0.775. The minimum atomic E-state index is 0.617. The summed E-state index contributed by atoms with van der Waals surface area (Å²) < 4.78 is 0. The first kappa shape index (κ1) is 11.9. The first-order valence-corrected chi connectivity index (χ1v) is 4.85. The van der Waals surface area contributed by atoms with Crippen molar-refractivity contribution in [3.05, 3.63) is 0 Å². The van der Waals surface area contributed by atoms with Gasteiger partial charge in [-0.3, -0.25) is 0 Å². The van der Waals surface area contributed by atoms with Crippen LogP contribution in [0.4, 0.5) is 0 Å². The second-order valence-electron chi connectivity index (χ2n) is 4.25. The molecule has 2 heteroatoms. The number of likely N-dealkylation sites (N-methyl/N-ethyl adjacent to an activating group) is 1. The Morgan fingerprint density at radius 3 is 1.92 bits per heavy atom. The summed E-state index contributed by atoms with van der Waals surface area (Å²) in [5, 5.41) is 3.52. The van der Waals surface area contributed by atoms with Crippen molar-refractivity contribution in [2.45, 2.75) is 39.8 Å². The Morgan fingerprint density at radius 2 is 1.58 bits per heavy atom. The summed E-state index contributed by atoms with van der Waals surface area (Å²) in [5.74, 6) is 0.722. The highest BCUT2D eigenvalue weighted by molar-refractivity contribution is 4.69. The van der Waals surface area contributed by atoms with Gasteiger partial charge in [0.25, 0.3) is 0 Å². The quantitative estimate of drug-likeness (QED) is 0.677. The van der Waals surface area contributed by atoms with Crippen molar-refractivity contribution < 1.29 is 0 Å². The van der Waals surface area contributed by atoms with Crippen LogP contribution in [0.15, 0.2) is 0 Å². The zero-order chi connectivity index (χ0) is 9.72. The van der Waals surface area contributed by atoms with Gasteiger partial charge >= 0.3 is 0 Å². The lowest BCUT2D eigenvalue weighted by Gasteiger charge is -2.24. The topological polar surface area (TPSA) is 15.3 Å². The summed E-state index contributed by atoms with van der Waals surface area (Å²) in [6, 6.07) is 1.23. The first-order valence-electron chi connectivity index (χ1n) is 4.85. The molecule has 74 valence electrons. The molecule has 2 nitrogen and oxygen atoms in total. The van der Waals surface area contributed by atoms with E-state index < -0.39 is 0 Å². The molecule has 0 aliphatic rings. The molecule has 12 heavy (non-hydrogen) atoms. The van der Waals surface area contributed by atoms with Gasteiger partial charge < -0.3 is 10.2 Å². The Balaban J connectivity index is 3.54. The molecule has 0 aromatic rings. The summed E-state index contributed by atoms with van der Waals surface area (Å²) in [7, 11) is 4.23. The van der Waals surface area contributed by atoms with E-state index in [4.69, 9.17) is 0 Å². The van der Waals surface area contributed by atoms with E-state index in [1.54, 1.807) is 0 Å². The van der Waals surface area contributed by atoms with Gasteiger partial charge in [-0.25, -0.2) is 0 Å². The molecule has 0 spiro atoms. The van der Waals surface area contributed by atoms with Gasteiger partial charge in [0.1, 0.15) is 0 Å². The van der Waals surface area contributed by atoms with Crippen LogP contribution < -0.4 is 5.32 Å². The van der Waals surface area contributed by atoms with E-state index in [1.165, 1.54) is 0 Å². The molecule has 0 aromatic carbocycles. The highest BCUT2D eigenvalue weighted by Crippen LogP contribution is 2.00. The van der Waals surface area contributed by atoms with Gasteiger partial charge in [0, 0.05) is 18.6 Å². The zero-order valence-corrected chi connectivity index (χ0v) is 9.39. The van der Waals surface area contributed by atoms with Gasteiger partial charge in [0.05, 0.1) is 0 Å². The van der Waals surface area contributed by atoms with Crippen molar-refractivity contribution in [3.63, 3.8) is 0 Å². The molecular formula is C10H24N2. The molecule has 0 amide bonds. The van der Waals surface area contributed by atoms with Crippen molar-refractivity contribution in [2.24, 2.45) is 5.92 Å². The van der Waals surface area contributed by atoms with Gasteiger partial charge in [0.15, 0.2) is 0 Å². The molecule has 0 heterocycles. The van der Waals surface area contributed by atoms with Gasteiger partial charge in [-0.05, 0) is 33.9 Å². The molecule has 2 unspecified atom stereocenters. The predicted octanol–water partition coefficient (Wildman–Crippen LogP) is 1.57. The highest BCUT2D eigenvalue weighted by Gasteiger charge is 2.09. The van der Waals surface area contributed by atoms with E-state index >= 15 is 0 Å². The van der Waals surface area contributed by atoms with E-state index in [0.29, 0.717) is 12.1 Å². The molecule has 1 N–H and O–H groups in total. The molecule has 0 saturated carbocycles. The van der Waals surface area contributed by atoms with Crippen molar-refractivity contribution in [1.82, 2.24) is 10.2 Å². The van der Waals surface area contributed by atoms with Crippen LogP contribution in [0.1, 0.15) is 27.7 Å². The second kappa shape index (κ2) is 5.55. The summed E-state index contributed by atoms with van der Waals surface area (Å²) >= 11 is 0. The number of hydrogen-bond donors (Lipinski definition) is 1. The fraction of sp³-hybridized carbons (Fsp3) is 1.00. The smallest absolute Gasteiger partial charge is 0.0186 e. The lowest BCUT2D eigenvalue weighted by atomic mass is 10.1. The van der Waals surface area contributed by atoms with Gasteiger partial charge in [-0.15, -0.1) is 0 Å². The summed E-state index contributed by atoms with van der Waals surface area (Å²) in [6.07, 6.45) is 0. The minimum Gasteiger partial charge on any atom is -0.312 e. The Hall–Kier alpha value is -0.0800. The first-order chi connectivity index (χ1) is 5.45. The molecule has 0 aromatic heterocycles.